The first-order chi connectivity index (χ1) is 7.81. The normalized spacial score (nSPS) is 19.7. The van der Waals surface area contributed by atoms with Crippen LogP contribution in [0.5, 0.6) is 5.75 Å². The summed E-state index contributed by atoms with van der Waals surface area (Å²) in [5, 5.41) is 0. The molecule has 1 aliphatic heterocycles. The van der Waals surface area contributed by atoms with Gasteiger partial charge in [-0.25, -0.2) is 0 Å². The number of ether oxygens (including phenoxy) is 2. The summed E-state index contributed by atoms with van der Waals surface area (Å²) in [7, 11) is 1.62. The predicted octanol–water partition coefficient (Wildman–Crippen LogP) is 1.99. The van der Waals surface area contributed by atoms with E-state index in [2.05, 4.69) is 0 Å². The van der Waals surface area contributed by atoms with E-state index < -0.39 is 0 Å². The molecule has 1 aromatic carbocycles. The Bertz CT molecular complexity index is 367. The van der Waals surface area contributed by atoms with Gasteiger partial charge in [0, 0.05) is 18.6 Å². The van der Waals surface area contributed by atoms with Crippen molar-refractivity contribution in [2.24, 2.45) is 0 Å². The molecule has 0 aliphatic carbocycles. The Balaban J connectivity index is 2.05. The second-order valence-corrected chi connectivity index (χ2v) is 3.96. The first-order valence-corrected chi connectivity index (χ1v) is 5.57. The summed E-state index contributed by atoms with van der Waals surface area (Å²) in [6, 6.07) is 7.61. The number of Topliss-reactive ketones (excluding diaryl/α,β-unsaturated/α-hetero) is 1. The number of rotatable bonds is 4. The highest BCUT2D eigenvalue weighted by Crippen LogP contribution is 2.21. The maximum Gasteiger partial charge on any atom is 0.166 e. The van der Waals surface area contributed by atoms with Gasteiger partial charge in [0.15, 0.2) is 5.78 Å². The SMILES string of the molecule is COc1ccccc1CC(=O)C1CCCO1. The number of para-hydroxylation sites is 1. The second-order valence-electron chi connectivity index (χ2n) is 3.96. The van der Waals surface area contributed by atoms with Crippen LogP contribution >= 0.6 is 0 Å². The molecule has 1 aromatic rings. The summed E-state index contributed by atoms with van der Waals surface area (Å²) in [4.78, 5) is 11.9. The van der Waals surface area contributed by atoms with Crippen LogP contribution in [0, 0.1) is 0 Å². The Labute approximate surface area is 95.4 Å². The van der Waals surface area contributed by atoms with Gasteiger partial charge in [0.2, 0.25) is 0 Å². The van der Waals surface area contributed by atoms with Gasteiger partial charge in [0.05, 0.1) is 7.11 Å². The molecule has 0 bridgehead atoms. The number of hydrogen-bond acceptors (Lipinski definition) is 3. The van der Waals surface area contributed by atoms with Gasteiger partial charge < -0.3 is 9.47 Å². The first kappa shape index (κ1) is 11.1. The fourth-order valence-electron chi connectivity index (χ4n) is 1.98. The zero-order chi connectivity index (χ0) is 11.4. The van der Waals surface area contributed by atoms with Gasteiger partial charge in [0.1, 0.15) is 11.9 Å². The lowest BCUT2D eigenvalue weighted by Gasteiger charge is -2.10. The maximum absolute atomic E-state index is 11.9. The fraction of sp³-hybridized carbons (Fsp3) is 0.462. The van der Waals surface area contributed by atoms with Crippen LogP contribution < -0.4 is 4.74 Å². The average molecular weight is 220 g/mol. The zero-order valence-electron chi connectivity index (χ0n) is 9.44. The maximum atomic E-state index is 11.9. The van der Waals surface area contributed by atoms with Crippen LogP contribution in [0.4, 0.5) is 0 Å². The monoisotopic (exact) mass is 220 g/mol. The number of benzene rings is 1. The minimum Gasteiger partial charge on any atom is -0.496 e. The molecule has 0 amide bonds. The van der Waals surface area contributed by atoms with Crippen LogP contribution in [-0.4, -0.2) is 25.6 Å². The van der Waals surface area contributed by atoms with Crippen LogP contribution in [0.1, 0.15) is 18.4 Å². The molecule has 0 N–H and O–H groups in total. The molecule has 1 unspecified atom stereocenters. The molecule has 1 saturated heterocycles. The topological polar surface area (TPSA) is 35.5 Å². The van der Waals surface area contributed by atoms with Crippen molar-refractivity contribution in [1.29, 1.82) is 0 Å². The lowest BCUT2D eigenvalue weighted by Crippen LogP contribution is -2.21. The predicted molar refractivity (Wildman–Crippen MR) is 60.7 cm³/mol. The van der Waals surface area contributed by atoms with Gasteiger partial charge >= 0.3 is 0 Å². The van der Waals surface area contributed by atoms with E-state index >= 15 is 0 Å². The molecule has 1 fully saturated rings. The smallest absolute Gasteiger partial charge is 0.166 e. The third-order valence-electron chi connectivity index (χ3n) is 2.85. The van der Waals surface area contributed by atoms with Gasteiger partial charge in [-0.2, -0.15) is 0 Å². The number of carbonyl (C=O) groups excluding carboxylic acids is 1. The summed E-state index contributed by atoms with van der Waals surface area (Å²) in [6.07, 6.45) is 2.04. The molecule has 1 aliphatic rings. The Hall–Kier alpha value is -1.35. The number of carbonyl (C=O) groups is 1. The van der Waals surface area contributed by atoms with Crippen molar-refractivity contribution >= 4 is 5.78 Å². The molecule has 1 atom stereocenters. The highest BCUT2D eigenvalue weighted by Gasteiger charge is 2.24. The average Bonchev–Trinajstić information content (AvgIpc) is 2.83. The molecule has 3 nitrogen and oxygen atoms in total. The highest BCUT2D eigenvalue weighted by atomic mass is 16.5. The van der Waals surface area contributed by atoms with Crippen molar-refractivity contribution in [3.63, 3.8) is 0 Å². The Kier molecular flexibility index (Phi) is 3.57. The van der Waals surface area contributed by atoms with Gasteiger partial charge in [0.25, 0.3) is 0 Å². The molecular weight excluding hydrogens is 204 g/mol. The third kappa shape index (κ3) is 2.42. The van der Waals surface area contributed by atoms with Crippen LogP contribution in [0.15, 0.2) is 24.3 Å². The molecule has 16 heavy (non-hydrogen) atoms. The van der Waals surface area contributed by atoms with Gasteiger partial charge in [-0.05, 0) is 18.9 Å². The van der Waals surface area contributed by atoms with Gasteiger partial charge in [-0.15, -0.1) is 0 Å². The number of methoxy groups -OCH3 is 1. The van der Waals surface area contributed by atoms with Crippen molar-refractivity contribution in [3.8, 4) is 5.75 Å². The lowest BCUT2D eigenvalue weighted by atomic mass is 10.0. The van der Waals surface area contributed by atoms with E-state index in [9.17, 15) is 4.79 Å². The van der Waals surface area contributed by atoms with E-state index in [4.69, 9.17) is 9.47 Å². The third-order valence-corrected chi connectivity index (χ3v) is 2.85. The molecule has 0 spiro atoms. The highest BCUT2D eigenvalue weighted by molar-refractivity contribution is 5.85. The quantitative estimate of drug-likeness (QED) is 0.778. The summed E-state index contributed by atoms with van der Waals surface area (Å²) < 4.78 is 10.6. The summed E-state index contributed by atoms with van der Waals surface area (Å²) in [5.74, 6) is 0.927. The molecular formula is C13H16O3. The molecule has 2 rings (SSSR count). The van der Waals surface area contributed by atoms with E-state index in [-0.39, 0.29) is 11.9 Å². The van der Waals surface area contributed by atoms with Gasteiger partial charge in [-0.1, -0.05) is 18.2 Å². The van der Waals surface area contributed by atoms with Crippen molar-refractivity contribution in [2.75, 3.05) is 13.7 Å². The van der Waals surface area contributed by atoms with Crippen LogP contribution in [0.25, 0.3) is 0 Å². The van der Waals surface area contributed by atoms with E-state index in [1.54, 1.807) is 7.11 Å². The van der Waals surface area contributed by atoms with E-state index in [0.717, 1.165) is 24.2 Å². The molecule has 86 valence electrons. The molecule has 0 aromatic heterocycles. The summed E-state index contributed by atoms with van der Waals surface area (Å²) >= 11 is 0. The van der Waals surface area contributed by atoms with Crippen molar-refractivity contribution in [3.05, 3.63) is 29.8 Å². The largest absolute Gasteiger partial charge is 0.496 e. The summed E-state index contributed by atoms with van der Waals surface area (Å²) in [5.41, 5.74) is 0.936. The van der Waals surface area contributed by atoms with Crippen LogP contribution in [-0.2, 0) is 16.0 Å². The van der Waals surface area contributed by atoms with Crippen molar-refractivity contribution < 1.29 is 14.3 Å². The minimum absolute atomic E-state index is 0.155. The van der Waals surface area contributed by atoms with Crippen molar-refractivity contribution in [1.82, 2.24) is 0 Å². The molecule has 1 heterocycles. The number of hydrogen-bond donors (Lipinski definition) is 0. The summed E-state index contributed by atoms with van der Waals surface area (Å²) in [6.45, 7) is 0.711. The second kappa shape index (κ2) is 5.12. The minimum atomic E-state index is -0.204. The standard InChI is InChI=1S/C13H16O3/c1-15-12-6-3-2-5-10(12)9-11(14)13-7-4-8-16-13/h2-3,5-6,13H,4,7-9H2,1H3. The molecule has 3 heteroatoms. The Morgan fingerprint density at radius 3 is 3.00 bits per heavy atom. The molecule has 0 radical (unpaired) electrons. The van der Waals surface area contributed by atoms with Crippen LogP contribution in [0.3, 0.4) is 0 Å². The Morgan fingerprint density at radius 2 is 2.31 bits per heavy atom. The fourth-order valence-corrected chi connectivity index (χ4v) is 1.98. The van der Waals surface area contributed by atoms with Crippen LogP contribution in [0.2, 0.25) is 0 Å². The lowest BCUT2D eigenvalue weighted by molar-refractivity contribution is -0.127. The first-order valence-electron chi connectivity index (χ1n) is 5.57. The zero-order valence-corrected chi connectivity index (χ0v) is 9.44. The number of ketones is 1. The van der Waals surface area contributed by atoms with E-state index in [1.807, 2.05) is 24.3 Å². The Morgan fingerprint density at radius 1 is 1.50 bits per heavy atom. The van der Waals surface area contributed by atoms with Gasteiger partial charge in [-0.3, -0.25) is 4.79 Å². The van der Waals surface area contributed by atoms with E-state index in [0.29, 0.717) is 13.0 Å². The van der Waals surface area contributed by atoms with Crippen molar-refractivity contribution in [2.45, 2.75) is 25.4 Å². The van der Waals surface area contributed by atoms with E-state index in [1.165, 1.54) is 0 Å². The molecule has 0 saturated carbocycles.